The molecule has 0 saturated carbocycles. The van der Waals surface area contributed by atoms with Crippen LogP contribution < -0.4 is 14.2 Å². The van der Waals surface area contributed by atoms with Gasteiger partial charge in [0.05, 0.1) is 32.9 Å². The molecule has 1 saturated heterocycles. The van der Waals surface area contributed by atoms with Crippen LogP contribution in [0, 0.1) is 6.92 Å². The van der Waals surface area contributed by atoms with E-state index < -0.39 is 17.7 Å². The van der Waals surface area contributed by atoms with Gasteiger partial charge in [0.1, 0.15) is 5.76 Å². The highest BCUT2D eigenvalue weighted by atomic mass is 16.5. The maximum absolute atomic E-state index is 13.3. The van der Waals surface area contributed by atoms with Crippen LogP contribution >= 0.6 is 0 Å². The second-order valence-electron chi connectivity index (χ2n) is 8.11. The Hall–Kier alpha value is -4.33. The molecule has 4 rings (SSSR count). The first-order valence-electron chi connectivity index (χ1n) is 10.9. The maximum atomic E-state index is 13.3. The predicted octanol–water partition coefficient (Wildman–Crippen LogP) is 4.04. The summed E-state index contributed by atoms with van der Waals surface area (Å²) in [4.78, 5) is 32.1. The lowest BCUT2D eigenvalue weighted by molar-refractivity contribution is -0.140. The third-order valence-corrected chi connectivity index (χ3v) is 5.94. The van der Waals surface area contributed by atoms with Gasteiger partial charge < -0.3 is 24.2 Å². The number of nitrogens with zero attached hydrogens (tertiary/aromatic N) is 2. The van der Waals surface area contributed by atoms with Crippen molar-refractivity contribution >= 4 is 17.4 Å². The fourth-order valence-electron chi connectivity index (χ4n) is 4.20. The molecule has 8 nitrogen and oxygen atoms in total. The molecule has 1 amide bonds. The Labute approximate surface area is 203 Å². The minimum atomic E-state index is -0.898. The molecule has 1 N–H and O–H groups in total. The molecule has 1 aromatic heterocycles. The van der Waals surface area contributed by atoms with E-state index in [-0.39, 0.29) is 17.9 Å². The summed E-state index contributed by atoms with van der Waals surface area (Å²) in [6, 6.07) is 13.1. The van der Waals surface area contributed by atoms with Crippen LogP contribution in [0.15, 0.2) is 66.5 Å². The number of Topliss-reactive ketones (excluding diaryl/α,β-unsaturated/α-hetero) is 1. The molecule has 180 valence electrons. The summed E-state index contributed by atoms with van der Waals surface area (Å²) in [5.41, 5.74) is 2.68. The predicted molar refractivity (Wildman–Crippen MR) is 129 cm³/mol. The summed E-state index contributed by atoms with van der Waals surface area (Å²) in [6.07, 6.45) is 3.26. The lowest BCUT2D eigenvalue weighted by Gasteiger charge is -2.26. The smallest absolute Gasteiger partial charge is 0.295 e. The number of likely N-dealkylation sites (tertiary alicyclic amines) is 1. The number of aliphatic hydroxyl groups excluding tert-OH is 1. The highest BCUT2D eigenvalue weighted by molar-refractivity contribution is 6.46. The first-order chi connectivity index (χ1) is 16.9. The van der Waals surface area contributed by atoms with Crippen molar-refractivity contribution in [2.24, 2.45) is 0 Å². The summed E-state index contributed by atoms with van der Waals surface area (Å²) in [6.45, 7) is 2.04. The number of aryl methyl sites for hydroxylation is 1. The molecule has 35 heavy (non-hydrogen) atoms. The molecule has 0 aliphatic carbocycles. The largest absolute Gasteiger partial charge is 0.507 e. The molecule has 1 atom stereocenters. The van der Waals surface area contributed by atoms with Crippen LogP contribution in [0.5, 0.6) is 17.2 Å². The van der Waals surface area contributed by atoms with Gasteiger partial charge in [-0.05, 0) is 36.2 Å². The van der Waals surface area contributed by atoms with Crippen LogP contribution in [0.1, 0.15) is 28.3 Å². The Morgan fingerprint density at radius 2 is 1.66 bits per heavy atom. The zero-order valence-corrected chi connectivity index (χ0v) is 19.9. The second kappa shape index (κ2) is 9.89. The number of carbonyl (C=O) groups excluding carboxylic acids is 2. The van der Waals surface area contributed by atoms with Gasteiger partial charge in [0.25, 0.3) is 11.7 Å². The summed E-state index contributed by atoms with van der Waals surface area (Å²) < 4.78 is 16.4. The third-order valence-electron chi connectivity index (χ3n) is 5.94. The number of aromatic nitrogens is 1. The molecule has 3 aromatic rings. The Morgan fingerprint density at radius 1 is 1.00 bits per heavy atom. The number of hydrogen-bond donors (Lipinski definition) is 1. The van der Waals surface area contributed by atoms with Crippen molar-refractivity contribution in [3.63, 3.8) is 0 Å². The van der Waals surface area contributed by atoms with Crippen LogP contribution in [-0.2, 0) is 16.1 Å². The molecule has 1 aliphatic rings. The van der Waals surface area contributed by atoms with Crippen molar-refractivity contribution in [2.45, 2.75) is 19.5 Å². The zero-order valence-electron chi connectivity index (χ0n) is 19.9. The SMILES string of the molecule is COc1cc(C2/C(=C(/O)c3ccc(C)cc3)C(=O)C(=O)N2Cc2cccnc2)cc(OC)c1OC. The van der Waals surface area contributed by atoms with Crippen LogP contribution in [0.4, 0.5) is 0 Å². The van der Waals surface area contributed by atoms with Crippen molar-refractivity contribution in [2.75, 3.05) is 21.3 Å². The van der Waals surface area contributed by atoms with Gasteiger partial charge in [0.15, 0.2) is 11.5 Å². The monoisotopic (exact) mass is 474 g/mol. The number of carbonyl (C=O) groups is 2. The Bertz CT molecular complexity index is 1260. The van der Waals surface area contributed by atoms with Gasteiger partial charge in [-0.3, -0.25) is 14.6 Å². The van der Waals surface area contributed by atoms with Gasteiger partial charge in [0.2, 0.25) is 5.75 Å². The molecule has 1 fully saturated rings. The number of rotatable bonds is 7. The molecule has 1 unspecified atom stereocenters. The standard InChI is InChI=1S/C27H26N2O6/c1-16-7-9-18(10-8-16)24(30)22-23(19-12-20(33-2)26(35-4)21(13-19)34-3)29(27(32)25(22)31)15-17-6-5-11-28-14-17/h5-14,23,30H,15H2,1-4H3/b24-22-. The molecule has 2 heterocycles. The van der Waals surface area contributed by atoms with Gasteiger partial charge in [-0.1, -0.05) is 35.9 Å². The van der Waals surface area contributed by atoms with E-state index >= 15 is 0 Å². The van der Waals surface area contributed by atoms with E-state index in [0.717, 1.165) is 11.1 Å². The van der Waals surface area contributed by atoms with E-state index in [2.05, 4.69) is 4.98 Å². The Kier molecular flexibility index (Phi) is 6.73. The number of ether oxygens (including phenoxy) is 3. The Balaban J connectivity index is 1.94. The van der Waals surface area contributed by atoms with E-state index in [4.69, 9.17) is 14.2 Å². The second-order valence-corrected chi connectivity index (χ2v) is 8.11. The molecule has 2 aromatic carbocycles. The van der Waals surface area contributed by atoms with Gasteiger partial charge in [-0.25, -0.2) is 0 Å². The van der Waals surface area contributed by atoms with Crippen molar-refractivity contribution in [1.82, 2.24) is 9.88 Å². The lowest BCUT2D eigenvalue weighted by Crippen LogP contribution is -2.29. The molecule has 0 radical (unpaired) electrons. The molecule has 8 heteroatoms. The van der Waals surface area contributed by atoms with E-state index in [1.807, 2.05) is 25.1 Å². The molecule has 1 aliphatic heterocycles. The summed E-state index contributed by atoms with van der Waals surface area (Å²) in [5, 5.41) is 11.2. The van der Waals surface area contributed by atoms with E-state index in [1.165, 1.54) is 26.2 Å². The molecule has 0 bridgehead atoms. The summed E-state index contributed by atoms with van der Waals surface area (Å²) >= 11 is 0. The van der Waals surface area contributed by atoms with Gasteiger partial charge in [-0.15, -0.1) is 0 Å². The van der Waals surface area contributed by atoms with E-state index in [9.17, 15) is 14.7 Å². The minimum Gasteiger partial charge on any atom is -0.507 e. The number of benzene rings is 2. The van der Waals surface area contributed by atoms with Crippen molar-refractivity contribution in [3.05, 3.63) is 88.8 Å². The molecule has 0 spiro atoms. The quantitative estimate of drug-likeness (QED) is 0.314. The number of hydrogen-bond acceptors (Lipinski definition) is 7. The lowest BCUT2D eigenvalue weighted by atomic mass is 9.94. The third kappa shape index (κ3) is 4.42. The maximum Gasteiger partial charge on any atom is 0.295 e. The number of aliphatic hydroxyl groups is 1. The van der Waals surface area contributed by atoms with Gasteiger partial charge in [-0.2, -0.15) is 0 Å². The highest BCUT2D eigenvalue weighted by Crippen LogP contribution is 2.46. The van der Waals surface area contributed by atoms with Crippen LogP contribution in [0.2, 0.25) is 0 Å². The first kappa shape index (κ1) is 23.8. The van der Waals surface area contributed by atoms with Crippen molar-refractivity contribution < 1.29 is 28.9 Å². The fourth-order valence-corrected chi connectivity index (χ4v) is 4.20. The number of pyridine rings is 1. The number of ketones is 1. The Morgan fingerprint density at radius 3 is 2.20 bits per heavy atom. The first-order valence-corrected chi connectivity index (χ1v) is 10.9. The van der Waals surface area contributed by atoms with E-state index in [0.29, 0.717) is 28.4 Å². The average Bonchev–Trinajstić information content (AvgIpc) is 3.13. The van der Waals surface area contributed by atoms with Crippen molar-refractivity contribution in [3.8, 4) is 17.2 Å². The zero-order chi connectivity index (χ0) is 25.1. The topological polar surface area (TPSA) is 98.2 Å². The van der Waals surface area contributed by atoms with Crippen LogP contribution in [0.3, 0.4) is 0 Å². The number of amides is 1. The van der Waals surface area contributed by atoms with E-state index in [1.54, 1.807) is 42.7 Å². The fraction of sp³-hybridized carbons (Fsp3) is 0.222. The summed E-state index contributed by atoms with van der Waals surface area (Å²) in [5.74, 6) is -0.641. The van der Waals surface area contributed by atoms with Gasteiger partial charge >= 0.3 is 0 Å². The summed E-state index contributed by atoms with van der Waals surface area (Å²) in [7, 11) is 4.46. The van der Waals surface area contributed by atoms with Gasteiger partial charge in [0, 0.05) is 24.5 Å². The molecular formula is C27H26N2O6. The van der Waals surface area contributed by atoms with Crippen molar-refractivity contribution in [1.29, 1.82) is 0 Å². The number of methoxy groups -OCH3 is 3. The van der Waals surface area contributed by atoms with Crippen LogP contribution in [0.25, 0.3) is 5.76 Å². The average molecular weight is 475 g/mol. The minimum absolute atomic E-state index is 0.0167. The molecular weight excluding hydrogens is 448 g/mol. The van der Waals surface area contributed by atoms with Crippen LogP contribution in [-0.4, -0.2) is 48.0 Å². The highest BCUT2D eigenvalue weighted by Gasteiger charge is 2.46. The normalized spacial score (nSPS) is 16.9.